The minimum absolute atomic E-state index is 0.0463. The van der Waals surface area contributed by atoms with Crippen molar-refractivity contribution < 1.29 is 26.5 Å². The van der Waals surface area contributed by atoms with Crippen LogP contribution in [0.25, 0.3) is 22.1 Å². The average molecular weight is 497 g/mol. The van der Waals surface area contributed by atoms with Gasteiger partial charge in [-0.15, -0.1) is 0 Å². The smallest absolute Gasteiger partial charge is 0.326 e. The van der Waals surface area contributed by atoms with E-state index in [1.807, 2.05) is 0 Å². The number of nitrogens with zero attached hydrogens (tertiary/aromatic N) is 3. The molecule has 3 heterocycles. The third-order valence-electron chi connectivity index (χ3n) is 6.05. The Bertz CT molecular complexity index is 1360. The fraction of sp³-hybridized carbons (Fsp3) is 0.333. The summed E-state index contributed by atoms with van der Waals surface area (Å²) in [6.45, 7) is 1.98. The maximum absolute atomic E-state index is 14.6. The van der Waals surface area contributed by atoms with E-state index in [0.29, 0.717) is 6.42 Å². The van der Waals surface area contributed by atoms with Crippen LogP contribution in [-0.4, -0.2) is 55.4 Å². The van der Waals surface area contributed by atoms with E-state index >= 15 is 0 Å². The van der Waals surface area contributed by atoms with E-state index < -0.39 is 27.7 Å². The molecule has 33 heavy (non-hydrogen) atoms. The minimum Gasteiger partial charge on any atom is -0.354 e. The normalized spacial score (nSPS) is 20.8. The van der Waals surface area contributed by atoms with Crippen LogP contribution in [-0.2, 0) is 10.0 Å². The Morgan fingerprint density at radius 1 is 1.18 bits per heavy atom. The number of fused-ring (bicyclic) bond motifs is 2. The molecular formula is C21H19ClF2N4O4S. The monoisotopic (exact) mass is 496 g/mol. The Morgan fingerprint density at radius 2 is 1.91 bits per heavy atom. The Hall–Kier alpha value is -2.76. The topological polar surface area (TPSA) is 95.7 Å². The summed E-state index contributed by atoms with van der Waals surface area (Å²) in [6, 6.07) is 5.44. The third-order valence-corrected chi connectivity index (χ3v) is 7.82. The lowest BCUT2D eigenvalue weighted by atomic mass is 10.00. The number of carbonyl (C=O) groups excluding carboxylic acids is 1. The van der Waals surface area contributed by atoms with Gasteiger partial charge in [0, 0.05) is 29.7 Å². The molecule has 2 aliphatic rings. The largest absolute Gasteiger partial charge is 0.354 e. The SMILES string of the molecule is CCS(=O)(=O)N[C@H]1C[C@H]2CN(c3noc4ccc(Cl)c(-c5c(F)cccc5F)c34)C(=O)N2C1. The summed E-state index contributed by atoms with van der Waals surface area (Å²) < 4.78 is 61.0. The Kier molecular flexibility index (Phi) is 5.30. The molecule has 2 aliphatic heterocycles. The molecule has 3 aromatic rings. The van der Waals surface area contributed by atoms with Gasteiger partial charge in [0.15, 0.2) is 11.4 Å². The van der Waals surface area contributed by atoms with Crippen molar-refractivity contribution in [1.82, 2.24) is 14.8 Å². The van der Waals surface area contributed by atoms with E-state index in [4.69, 9.17) is 16.1 Å². The zero-order valence-electron chi connectivity index (χ0n) is 17.4. The summed E-state index contributed by atoms with van der Waals surface area (Å²) in [4.78, 5) is 16.1. The molecule has 8 nitrogen and oxygen atoms in total. The van der Waals surface area contributed by atoms with E-state index in [0.717, 1.165) is 12.1 Å². The lowest BCUT2D eigenvalue weighted by molar-refractivity contribution is 0.218. The van der Waals surface area contributed by atoms with Crippen molar-refractivity contribution >= 4 is 44.4 Å². The lowest BCUT2D eigenvalue weighted by Crippen LogP contribution is -2.41. The average Bonchev–Trinajstić information content (AvgIpc) is 3.43. The standard InChI is InChI=1S/C21H19ClF2N4O4S/c1-2-33(30,31)26-11-8-12-10-28(21(29)27(12)9-11)20-19-16(32-25-20)7-6-13(22)17(19)18-14(23)4-3-5-15(18)24/h3-7,11-12,26H,2,8-10H2,1H3/t11-,12-/m0/s1. The molecule has 2 saturated heterocycles. The number of carbonyl (C=O) groups is 1. The molecule has 2 atom stereocenters. The molecule has 12 heteroatoms. The molecule has 0 saturated carbocycles. The molecule has 1 N–H and O–H groups in total. The second-order valence-electron chi connectivity index (χ2n) is 8.05. The van der Waals surface area contributed by atoms with Gasteiger partial charge in [0.2, 0.25) is 10.0 Å². The second-order valence-corrected chi connectivity index (χ2v) is 10.5. The Balaban J connectivity index is 1.53. The molecule has 174 valence electrons. The van der Waals surface area contributed by atoms with Crippen molar-refractivity contribution in [3.8, 4) is 11.1 Å². The number of anilines is 1. The highest BCUT2D eigenvalue weighted by molar-refractivity contribution is 7.89. The first-order chi connectivity index (χ1) is 15.7. The molecule has 5 rings (SSSR count). The van der Waals surface area contributed by atoms with E-state index in [1.165, 1.54) is 23.1 Å². The van der Waals surface area contributed by atoms with Gasteiger partial charge < -0.3 is 9.42 Å². The highest BCUT2D eigenvalue weighted by atomic mass is 35.5. The van der Waals surface area contributed by atoms with Gasteiger partial charge in [-0.25, -0.2) is 26.7 Å². The number of hydrogen-bond acceptors (Lipinski definition) is 5. The second kappa shape index (κ2) is 7.93. The van der Waals surface area contributed by atoms with E-state index in [1.54, 1.807) is 11.8 Å². The molecule has 0 aliphatic carbocycles. The number of rotatable bonds is 5. The van der Waals surface area contributed by atoms with Crippen molar-refractivity contribution in [3.05, 3.63) is 47.0 Å². The summed E-state index contributed by atoms with van der Waals surface area (Å²) in [6.07, 6.45) is 0.437. The van der Waals surface area contributed by atoms with Gasteiger partial charge in [0.05, 0.1) is 22.7 Å². The molecule has 2 fully saturated rings. The number of nitrogens with one attached hydrogen (secondary N) is 1. The van der Waals surface area contributed by atoms with Crippen molar-refractivity contribution in [2.24, 2.45) is 0 Å². The van der Waals surface area contributed by atoms with Crippen molar-refractivity contribution in [2.45, 2.75) is 25.4 Å². The number of benzene rings is 2. The first-order valence-corrected chi connectivity index (χ1v) is 12.3. The molecule has 2 aromatic carbocycles. The highest BCUT2D eigenvalue weighted by Gasteiger charge is 2.46. The van der Waals surface area contributed by atoms with Crippen molar-refractivity contribution in [2.75, 3.05) is 23.7 Å². The molecule has 0 unspecified atom stereocenters. The Labute approximate surface area is 193 Å². The highest BCUT2D eigenvalue weighted by Crippen LogP contribution is 2.43. The van der Waals surface area contributed by atoms with Crippen LogP contribution in [0, 0.1) is 11.6 Å². The van der Waals surface area contributed by atoms with Crippen LogP contribution >= 0.6 is 11.6 Å². The molecular weight excluding hydrogens is 478 g/mol. The summed E-state index contributed by atoms with van der Waals surface area (Å²) >= 11 is 6.36. The minimum atomic E-state index is -3.40. The number of urea groups is 1. The summed E-state index contributed by atoms with van der Waals surface area (Å²) in [7, 11) is -3.40. The lowest BCUT2D eigenvalue weighted by Gasteiger charge is -2.18. The fourth-order valence-corrected chi connectivity index (χ4v) is 5.62. The summed E-state index contributed by atoms with van der Waals surface area (Å²) in [5, 5.41) is 4.33. The van der Waals surface area contributed by atoms with Gasteiger partial charge in [0.25, 0.3) is 0 Å². The maximum atomic E-state index is 14.6. The van der Waals surface area contributed by atoms with Crippen LogP contribution in [0.4, 0.5) is 19.4 Å². The zero-order chi connectivity index (χ0) is 23.5. The van der Waals surface area contributed by atoms with Crippen LogP contribution < -0.4 is 9.62 Å². The van der Waals surface area contributed by atoms with E-state index in [9.17, 15) is 22.0 Å². The van der Waals surface area contributed by atoms with Crippen LogP contribution in [0.15, 0.2) is 34.9 Å². The zero-order valence-corrected chi connectivity index (χ0v) is 19.0. The van der Waals surface area contributed by atoms with Gasteiger partial charge >= 0.3 is 6.03 Å². The van der Waals surface area contributed by atoms with Gasteiger partial charge in [-0.05, 0) is 37.6 Å². The van der Waals surface area contributed by atoms with Crippen molar-refractivity contribution in [1.29, 1.82) is 0 Å². The Morgan fingerprint density at radius 3 is 2.58 bits per heavy atom. The number of sulfonamides is 1. The summed E-state index contributed by atoms with van der Waals surface area (Å²) in [5.41, 5.74) is -0.0614. The van der Waals surface area contributed by atoms with E-state index in [2.05, 4.69) is 9.88 Å². The fourth-order valence-electron chi connectivity index (χ4n) is 4.53. The predicted octanol–water partition coefficient (Wildman–Crippen LogP) is 3.75. The molecule has 1 aromatic heterocycles. The molecule has 0 radical (unpaired) electrons. The quantitative estimate of drug-likeness (QED) is 0.580. The van der Waals surface area contributed by atoms with E-state index in [-0.39, 0.29) is 63.9 Å². The molecule has 0 spiro atoms. The van der Waals surface area contributed by atoms with Crippen LogP contribution in [0.1, 0.15) is 13.3 Å². The molecule has 2 amide bonds. The number of aromatic nitrogens is 1. The van der Waals surface area contributed by atoms with Crippen molar-refractivity contribution in [3.63, 3.8) is 0 Å². The van der Waals surface area contributed by atoms with Gasteiger partial charge in [-0.3, -0.25) is 4.90 Å². The predicted molar refractivity (Wildman–Crippen MR) is 119 cm³/mol. The maximum Gasteiger partial charge on any atom is 0.326 e. The van der Waals surface area contributed by atoms with Crippen LogP contribution in [0.5, 0.6) is 0 Å². The first-order valence-electron chi connectivity index (χ1n) is 10.3. The first kappa shape index (κ1) is 22.1. The van der Waals surface area contributed by atoms with Crippen LogP contribution in [0.2, 0.25) is 5.02 Å². The number of amides is 2. The van der Waals surface area contributed by atoms with Gasteiger partial charge in [-0.2, -0.15) is 0 Å². The van der Waals surface area contributed by atoms with Gasteiger partial charge in [-0.1, -0.05) is 22.8 Å². The van der Waals surface area contributed by atoms with Gasteiger partial charge in [0.1, 0.15) is 11.6 Å². The molecule has 0 bridgehead atoms. The number of hydrogen-bond donors (Lipinski definition) is 1. The summed E-state index contributed by atoms with van der Waals surface area (Å²) in [5.74, 6) is -1.56. The number of halogens is 3. The third kappa shape index (κ3) is 3.64. The van der Waals surface area contributed by atoms with Crippen LogP contribution in [0.3, 0.4) is 0 Å².